The fraction of sp³-hybridized carbons (Fsp3) is 0.286. The van der Waals surface area contributed by atoms with Gasteiger partial charge in [-0.25, -0.2) is 9.63 Å². The molecule has 1 saturated heterocycles. The first kappa shape index (κ1) is 17.6. The SMILES string of the molecule is C/C(=N\NS(=O)(=O)c1ccccc1)C1C(=O)N(C)C(=O)N(C)C1=O. The molecular weight excluding hydrogens is 336 g/mol. The van der Waals surface area contributed by atoms with Gasteiger partial charge in [-0.1, -0.05) is 18.2 Å². The zero-order chi connectivity index (χ0) is 18.1. The minimum Gasteiger partial charge on any atom is -0.273 e. The van der Waals surface area contributed by atoms with Gasteiger partial charge >= 0.3 is 6.03 Å². The number of benzene rings is 1. The summed E-state index contributed by atoms with van der Waals surface area (Å²) < 4.78 is 24.2. The Labute approximate surface area is 139 Å². The summed E-state index contributed by atoms with van der Waals surface area (Å²) >= 11 is 0. The van der Waals surface area contributed by atoms with E-state index in [2.05, 4.69) is 5.10 Å². The van der Waals surface area contributed by atoms with Gasteiger partial charge in [-0.3, -0.25) is 19.4 Å². The van der Waals surface area contributed by atoms with Crippen LogP contribution in [-0.2, 0) is 19.6 Å². The van der Waals surface area contributed by atoms with Crippen LogP contribution < -0.4 is 4.83 Å². The molecule has 0 saturated carbocycles. The van der Waals surface area contributed by atoms with Gasteiger partial charge in [0.1, 0.15) is 0 Å². The third-order valence-electron chi connectivity index (χ3n) is 3.54. The Morgan fingerprint density at radius 1 is 1.04 bits per heavy atom. The van der Waals surface area contributed by atoms with Crippen LogP contribution in [-0.4, -0.2) is 55.9 Å². The molecule has 4 amide bonds. The Hall–Kier alpha value is -2.75. The molecule has 0 bridgehead atoms. The fourth-order valence-corrected chi connectivity index (χ4v) is 3.00. The van der Waals surface area contributed by atoms with Gasteiger partial charge in [0.2, 0.25) is 11.8 Å². The summed E-state index contributed by atoms with van der Waals surface area (Å²) in [6.45, 7) is 1.34. The molecule has 1 N–H and O–H groups in total. The van der Waals surface area contributed by atoms with Crippen molar-refractivity contribution in [1.82, 2.24) is 14.6 Å². The third kappa shape index (κ3) is 3.13. The Bertz CT molecular complexity index is 795. The van der Waals surface area contributed by atoms with E-state index in [9.17, 15) is 22.8 Å². The van der Waals surface area contributed by atoms with Crippen molar-refractivity contribution in [3.63, 3.8) is 0 Å². The molecule has 0 aromatic heterocycles. The molecule has 2 rings (SSSR count). The number of nitrogens with one attached hydrogen (secondary N) is 1. The molecule has 0 aliphatic carbocycles. The van der Waals surface area contributed by atoms with Crippen LogP contribution in [0.2, 0.25) is 0 Å². The highest BCUT2D eigenvalue weighted by Gasteiger charge is 2.44. The van der Waals surface area contributed by atoms with E-state index >= 15 is 0 Å². The predicted octanol–water partition coefficient (Wildman–Crippen LogP) is 0.00740. The molecule has 9 nitrogen and oxygen atoms in total. The minimum absolute atomic E-state index is 0.00717. The van der Waals surface area contributed by atoms with Crippen LogP contribution in [0.3, 0.4) is 0 Å². The van der Waals surface area contributed by atoms with E-state index in [0.29, 0.717) is 0 Å². The number of hydrogen-bond donors (Lipinski definition) is 1. The summed E-state index contributed by atoms with van der Waals surface area (Å²) in [6, 6.07) is 6.77. The summed E-state index contributed by atoms with van der Waals surface area (Å²) in [5.41, 5.74) is -0.0595. The second kappa shape index (κ2) is 6.40. The number of urea groups is 1. The largest absolute Gasteiger partial charge is 0.332 e. The molecule has 128 valence electrons. The number of hydrazone groups is 1. The maximum Gasteiger partial charge on any atom is 0.332 e. The number of sulfonamides is 1. The second-order valence-corrected chi connectivity index (χ2v) is 6.83. The van der Waals surface area contributed by atoms with Crippen LogP contribution in [0.4, 0.5) is 4.79 Å². The predicted molar refractivity (Wildman–Crippen MR) is 84.3 cm³/mol. The maximum absolute atomic E-state index is 12.1. The molecule has 0 radical (unpaired) electrons. The number of hydrogen-bond acceptors (Lipinski definition) is 6. The molecule has 10 heteroatoms. The average Bonchev–Trinajstić information content (AvgIpc) is 2.57. The Kier molecular flexibility index (Phi) is 4.69. The smallest absolute Gasteiger partial charge is 0.273 e. The molecule has 1 aliphatic heterocycles. The van der Waals surface area contributed by atoms with Crippen LogP contribution in [0, 0.1) is 5.92 Å². The van der Waals surface area contributed by atoms with Crippen molar-refractivity contribution < 1.29 is 22.8 Å². The van der Waals surface area contributed by atoms with Gasteiger partial charge in [0, 0.05) is 14.1 Å². The van der Waals surface area contributed by atoms with Gasteiger partial charge in [-0.2, -0.15) is 13.5 Å². The second-order valence-electron chi connectivity index (χ2n) is 5.17. The van der Waals surface area contributed by atoms with Gasteiger partial charge in [0.05, 0.1) is 10.6 Å². The van der Waals surface area contributed by atoms with Crippen LogP contribution in [0.15, 0.2) is 40.3 Å². The molecule has 0 unspecified atom stereocenters. The van der Waals surface area contributed by atoms with E-state index in [4.69, 9.17) is 0 Å². The van der Waals surface area contributed by atoms with Gasteiger partial charge < -0.3 is 0 Å². The molecule has 1 aromatic carbocycles. The van der Waals surface area contributed by atoms with Crippen LogP contribution >= 0.6 is 0 Å². The molecule has 1 aromatic rings. The summed E-state index contributed by atoms with van der Waals surface area (Å²) in [5, 5.41) is 3.66. The van der Waals surface area contributed by atoms with Crippen LogP contribution in [0.5, 0.6) is 0 Å². The Morgan fingerprint density at radius 3 is 2.04 bits per heavy atom. The van der Waals surface area contributed by atoms with E-state index in [-0.39, 0.29) is 10.6 Å². The zero-order valence-corrected chi connectivity index (χ0v) is 14.1. The number of carbonyl (C=O) groups excluding carboxylic acids is 3. The standard InChI is InChI=1S/C14H16N4O5S/c1-9(11-12(19)17(2)14(21)18(3)13(11)20)15-16-24(22,23)10-7-5-4-6-8-10/h4-8,11,16H,1-3H3/b15-9+. The first-order chi connectivity index (χ1) is 11.2. The van der Waals surface area contributed by atoms with Crippen molar-refractivity contribution in [3.05, 3.63) is 30.3 Å². The van der Waals surface area contributed by atoms with Gasteiger partial charge in [-0.15, -0.1) is 0 Å². The molecule has 1 heterocycles. The zero-order valence-electron chi connectivity index (χ0n) is 13.3. The van der Waals surface area contributed by atoms with Crippen molar-refractivity contribution in [2.45, 2.75) is 11.8 Å². The highest BCUT2D eigenvalue weighted by atomic mass is 32.2. The summed E-state index contributed by atoms with van der Waals surface area (Å²) in [6.07, 6.45) is 0. The van der Waals surface area contributed by atoms with Crippen molar-refractivity contribution >= 4 is 33.6 Å². The lowest BCUT2D eigenvalue weighted by molar-refractivity contribution is -0.144. The highest BCUT2D eigenvalue weighted by Crippen LogP contribution is 2.17. The van der Waals surface area contributed by atoms with E-state index in [1.807, 2.05) is 4.83 Å². The topological polar surface area (TPSA) is 116 Å². The number of amides is 4. The number of nitrogens with zero attached hydrogens (tertiary/aromatic N) is 3. The molecular formula is C14H16N4O5S. The molecule has 24 heavy (non-hydrogen) atoms. The first-order valence-electron chi connectivity index (χ1n) is 6.87. The van der Waals surface area contributed by atoms with E-state index < -0.39 is 33.8 Å². The first-order valence-corrected chi connectivity index (χ1v) is 8.35. The minimum atomic E-state index is -3.92. The lowest BCUT2D eigenvalue weighted by atomic mass is 9.99. The van der Waals surface area contributed by atoms with Crippen molar-refractivity contribution in [2.24, 2.45) is 11.0 Å². The van der Waals surface area contributed by atoms with E-state index in [0.717, 1.165) is 9.80 Å². The number of imide groups is 2. The number of rotatable bonds is 4. The lowest BCUT2D eigenvalue weighted by Crippen LogP contribution is -2.58. The Balaban J connectivity index is 2.26. The average molecular weight is 352 g/mol. The summed E-state index contributed by atoms with van der Waals surface area (Å²) in [7, 11) is -1.44. The molecule has 0 atom stereocenters. The van der Waals surface area contributed by atoms with Gasteiger partial charge in [0.15, 0.2) is 5.92 Å². The van der Waals surface area contributed by atoms with Crippen molar-refractivity contribution in [2.75, 3.05) is 14.1 Å². The van der Waals surface area contributed by atoms with E-state index in [1.165, 1.54) is 33.2 Å². The summed E-state index contributed by atoms with van der Waals surface area (Å²) in [4.78, 5) is 39.5. The van der Waals surface area contributed by atoms with Crippen molar-refractivity contribution in [3.8, 4) is 0 Å². The van der Waals surface area contributed by atoms with Crippen LogP contribution in [0.1, 0.15) is 6.92 Å². The van der Waals surface area contributed by atoms with Crippen molar-refractivity contribution in [1.29, 1.82) is 0 Å². The molecule has 0 spiro atoms. The lowest BCUT2D eigenvalue weighted by Gasteiger charge is -2.32. The molecule has 1 fully saturated rings. The maximum atomic E-state index is 12.1. The van der Waals surface area contributed by atoms with E-state index in [1.54, 1.807) is 18.2 Å². The quantitative estimate of drug-likeness (QED) is 0.465. The molecule has 1 aliphatic rings. The fourth-order valence-electron chi connectivity index (χ4n) is 2.11. The third-order valence-corrected chi connectivity index (χ3v) is 4.77. The van der Waals surface area contributed by atoms with Gasteiger partial charge in [-0.05, 0) is 19.1 Å². The summed E-state index contributed by atoms with van der Waals surface area (Å²) in [5.74, 6) is -2.87. The van der Waals surface area contributed by atoms with Gasteiger partial charge in [0.25, 0.3) is 10.0 Å². The monoisotopic (exact) mass is 352 g/mol. The Morgan fingerprint density at radius 2 is 1.54 bits per heavy atom. The number of barbiturate groups is 1. The highest BCUT2D eigenvalue weighted by molar-refractivity contribution is 7.89. The number of carbonyl (C=O) groups is 3. The normalized spacial score (nSPS) is 17.5. The van der Waals surface area contributed by atoms with Crippen LogP contribution in [0.25, 0.3) is 0 Å².